The molecule has 6 N–H and O–H groups in total. The zero-order valence-corrected chi connectivity index (χ0v) is 9.12. The van der Waals surface area contributed by atoms with Crippen molar-refractivity contribution in [3.05, 3.63) is 16.3 Å². The van der Waals surface area contributed by atoms with E-state index in [-0.39, 0.29) is 30.6 Å². The van der Waals surface area contributed by atoms with Crippen molar-refractivity contribution in [2.24, 2.45) is 11.6 Å². The number of nitro groups is 1. The summed E-state index contributed by atoms with van der Waals surface area (Å²) in [5.41, 5.74) is 6.57. The zero-order valence-electron chi connectivity index (χ0n) is 9.12. The van der Waals surface area contributed by atoms with E-state index in [2.05, 4.69) is 25.4 Å². The molecule has 1 aromatic rings. The lowest BCUT2D eigenvalue weighted by atomic mass is 10.4. The Morgan fingerprint density at radius 1 is 1.61 bits per heavy atom. The molecule has 0 aromatic carbocycles. The molecule has 0 fully saturated rings. The van der Waals surface area contributed by atoms with Crippen molar-refractivity contribution >= 4 is 23.5 Å². The van der Waals surface area contributed by atoms with Gasteiger partial charge < -0.3 is 15.8 Å². The number of hydrogen-bond donors (Lipinski definition) is 4. The number of nitrogens with one attached hydrogen (secondary N) is 2. The van der Waals surface area contributed by atoms with Gasteiger partial charge in [-0.2, -0.15) is 4.98 Å². The number of primary amides is 1. The molecule has 11 nitrogen and oxygen atoms in total. The van der Waals surface area contributed by atoms with E-state index in [1.807, 2.05) is 0 Å². The monoisotopic (exact) mass is 257 g/mol. The maximum absolute atomic E-state index is 10.7. The predicted octanol–water partition coefficient (Wildman–Crippen LogP) is -0.822. The molecule has 0 unspecified atom stereocenters. The number of carbonyl (C=O) groups excluding carboxylic acids is 1. The van der Waals surface area contributed by atoms with Crippen molar-refractivity contribution in [2.45, 2.75) is 0 Å². The van der Waals surface area contributed by atoms with Crippen LogP contribution in [-0.2, 0) is 4.74 Å². The van der Waals surface area contributed by atoms with Crippen LogP contribution >= 0.6 is 0 Å². The number of nitrogens with zero attached hydrogens (tertiary/aromatic N) is 3. The number of hydrazine groups is 1. The molecule has 98 valence electrons. The minimum atomic E-state index is -0.932. The van der Waals surface area contributed by atoms with Crippen LogP contribution in [0.1, 0.15) is 0 Å². The van der Waals surface area contributed by atoms with E-state index < -0.39 is 11.0 Å². The summed E-state index contributed by atoms with van der Waals surface area (Å²) in [5, 5.41) is 13.3. The number of nitrogen functional groups attached to an aromatic ring is 1. The van der Waals surface area contributed by atoms with Crippen LogP contribution in [0.2, 0.25) is 0 Å². The number of nitrogens with two attached hydrogens (primary N) is 2. The Balaban J connectivity index is 2.71. The van der Waals surface area contributed by atoms with Gasteiger partial charge in [0.25, 0.3) is 0 Å². The van der Waals surface area contributed by atoms with Gasteiger partial charge >= 0.3 is 11.8 Å². The molecule has 1 rings (SSSR count). The smallest absolute Gasteiger partial charge is 0.404 e. The second kappa shape index (κ2) is 6.15. The van der Waals surface area contributed by atoms with Gasteiger partial charge in [-0.3, -0.25) is 15.5 Å². The summed E-state index contributed by atoms with van der Waals surface area (Å²) < 4.78 is 4.44. The van der Waals surface area contributed by atoms with Crippen molar-refractivity contribution in [3.63, 3.8) is 0 Å². The van der Waals surface area contributed by atoms with Crippen LogP contribution in [0.3, 0.4) is 0 Å². The fraction of sp³-hybridized carbons (Fsp3) is 0.286. The average Bonchev–Trinajstić information content (AvgIpc) is 2.33. The largest absolute Gasteiger partial charge is 0.448 e. The number of carbonyl (C=O) groups is 1. The summed E-state index contributed by atoms with van der Waals surface area (Å²) in [4.78, 5) is 27.7. The molecule has 0 aliphatic heterocycles. The summed E-state index contributed by atoms with van der Waals surface area (Å²) >= 11 is 0. The van der Waals surface area contributed by atoms with Crippen LogP contribution < -0.4 is 22.3 Å². The molecule has 1 aromatic heterocycles. The molecule has 11 heteroatoms. The predicted molar refractivity (Wildman–Crippen MR) is 60.5 cm³/mol. The van der Waals surface area contributed by atoms with Gasteiger partial charge in [-0.1, -0.05) is 0 Å². The van der Waals surface area contributed by atoms with Crippen molar-refractivity contribution in [3.8, 4) is 0 Å². The Kier molecular flexibility index (Phi) is 4.57. The standard InChI is InChI=1S/C7H11N7O4/c8-6(15)18-2-1-10-5-4(14(16)17)3-11-7(12-5)13-9/h3H,1-2,9H2,(H2,8,15)(H2,10,11,12,13). The van der Waals surface area contributed by atoms with Gasteiger partial charge in [0.05, 0.1) is 11.5 Å². The third-order valence-electron chi connectivity index (χ3n) is 1.73. The summed E-state index contributed by atoms with van der Waals surface area (Å²) in [5.74, 6) is 5.05. The summed E-state index contributed by atoms with van der Waals surface area (Å²) in [6.07, 6.45) is 0.0673. The normalized spacial score (nSPS) is 9.61. The number of amides is 1. The molecule has 0 saturated carbocycles. The Morgan fingerprint density at radius 3 is 2.89 bits per heavy atom. The first kappa shape index (κ1) is 13.4. The number of hydrogen-bond acceptors (Lipinski definition) is 9. The second-order valence-electron chi connectivity index (χ2n) is 2.92. The number of rotatable bonds is 6. The maximum atomic E-state index is 10.7. The molecule has 0 bridgehead atoms. The molecule has 0 aliphatic rings. The van der Waals surface area contributed by atoms with Crippen LogP contribution in [0.25, 0.3) is 0 Å². The quantitative estimate of drug-likeness (QED) is 0.220. The Bertz CT molecular complexity index is 451. The van der Waals surface area contributed by atoms with Gasteiger partial charge in [0.1, 0.15) is 12.8 Å². The highest BCUT2D eigenvalue weighted by Gasteiger charge is 2.16. The third kappa shape index (κ3) is 3.71. The van der Waals surface area contributed by atoms with Gasteiger partial charge in [-0.25, -0.2) is 15.6 Å². The molecule has 0 radical (unpaired) electrons. The van der Waals surface area contributed by atoms with E-state index in [1.165, 1.54) is 0 Å². The van der Waals surface area contributed by atoms with Gasteiger partial charge in [-0.05, 0) is 0 Å². The van der Waals surface area contributed by atoms with Crippen LogP contribution in [0, 0.1) is 10.1 Å². The van der Waals surface area contributed by atoms with E-state index in [4.69, 9.17) is 11.6 Å². The molecule has 18 heavy (non-hydrogen) atoms. The molecular weight excluding hydrogens is 246 g/mol. The van der Waals surface area contributed by atoms with E-state index in [0.29, 0.717) is 0 Å². The fourth-order valence-electron chi connectivity index (χ4n) is 1.03. The summed E-state index contributed by atoms with van der Waals surface area (Å²) in [6.45, 7) is 0.0483. The van der Waals surface area contributed by atoms with Crippen molar-refractivity contribution in [1.82, 2.24) is 9.97 Å². The summed E-state index contributed by atoms with van der Waals surface area (Å²) in [6, 6.07) is 0. The van der Waals surface area contributed by atoms with Crippen LogP contribution in [-0.4, -0.2) is 34.1 Å². The number of aromatic nitrogens is 2. The highest BCUT2D eigenvalue weighted by molar-refractivity contribution is 5.64. The minimum absolute atomic E-state index is 0.0129. The highest BCUT2D eigenvalue weighted by atomic mass is 16.6. The average molecular weight is 257 g/mol. The van der Waals surface area contributed by atoms with E-state index in [1.54, 1.807) is 0 Å². The maximum Gasteiger partial charge on any atom is 0.404 e. The molecule has 0 aliphatic carbocycles. The first-order valence-corrected chi connectivity index (χ1v) is 4.68. The molecular formula is C7H11N7O4. The van der Waals surface area contributed by atoms with Gasteiger partial charge in [0.15, 0.2) is 0 Å². The first-order valence-electron chi connectivity index (χ1n) is 4.68. The van der Waals surface area contributed by atoms with Gasteiger partial charge in [0.2, 0.25) is 11.8 Å². The van der Waals surface area contributed by atoms with Crippen LogP contribution in [0.5, 0.6) is 0 Å². The lowest BCUT2D eigenvalue weighted by Crippen LogP contribution is -2.19. The molecule has 0 spiro atoms. The molecule has 1 amide bonds. The lowest BCUT2D eigenvalue weighted by Gasteiger charge is -2.07. The van der Waals surface area contributed by atoms with Crippen molar-refractivity contribution in [1.29, 1.82) is 0 Å². The lowest BCUT2D eigenvalue weighted by molar-refractivity contribution is -0.384. The molecule has 0 saturated heterocycles. The van der Waals surface area contributed by atoms with Crippen molar-refractivity contribution < 1.29 is 14.5 Å². The molecule has 1 heterocycles. The van der Waals surface area contributed by atoms with E-state index in [9.17, 15) is 14.9 Å². The Labute approximate surface area is 101 Å². The van der Waals surface area contributed by atoms with Gasteiger partial charge in [-0.15, -0.1) is 0 Å². The van der Waals surface area contributed by atoms with E-state index in [0.717, 1.165) is 6.20 Å². The van der Waals surface area contributed by atoms with Crippen LogP contribution in [0.4, 0.5) is 22.2 Å². The first-order chi connectivity index (χ1) is 8.54. The summed E-state index contributed by atoms with van der Waals surface area (Å²) in [7, 11) is 0. The second-order valence-corrected chi connectivity index (χ2v) is 2.92. The zero-order chi connectivity index (χ0) is 13.5. The fourth-order valence-corrected chi connectivity index (χ4v) is 1.03. The van der Waals surface area contributed by atoms with Gasteiger partial charge in [0, 0.05) is 0 Å². The van der Waals surface area contributed by atoms with E-state index >= 15 is 0 Å². The molecule has 0 atom stereocenters. The number of anilines is 2. The number of ether oxygens (including phenoxy) is 1. The van der Waals surface area contributed by atoms with Crippen LogP contribution in [0.15, 0.2) is 6.20 Å². The van der Waals surface area contributed by atoms with Crippen molar-refractivity contribution in [2.75, 3.05) is 23.9 Å². The SMILES string of the molecule is NNc1ncc([N+](=O)[O-])c(NCCOC(N)=O)n1. The topological polar surface area (TPSA) is 171 Å². The minimum Gasteiger partial charge on any atom is -0.448 e. The Hall–Kier alpha value is -2.69. The highest BCUT2D eigenvalue weighted by Crippen LogP contribution is 2.21. The third-order valence-corrected chi connectivity index (χ3v) is 1.73. The Morgan fingerprint density at radius 2 is 2.33 bits per heavy atom.